The van der Waals surface area contributed by atoms with Crippen molar-refractivity contribution >= 4 is 17.6 Å². The molecule has 1 aromatic rings. The zero-order chi connectivity index (χ0) is 12.1. The molecule has 0 aliphatic heterocycles. The van der Waals surface area contributed by atoms with Crippen LogP contribution in [0.15, 0.2) is 24.3 Å². The predicted octanol–water partition coefficient (Wildman–Crippen LogP) is 0.978. The average Bonchev–Trinajstić information content (AvgIpc) is 2.26. The molecular weight excluding hydrogens is 234 g/mol. The third-order valence-corrected chi connectivity index (χ3v) is 2.34. The van der Waals surface area contributed by atoms with E-state index in [1.165, 1.54) is 7.11 Å². The fraction of sp³-hybridized carbons (Fsp3) is 0.300. The number of benzene rings is 1. The molecule has 0 aliphatic carbocycles. The molecule has 3 N–H and O–H groups in total. The van der Waals surface area contributed by atoms with Gasteiger partial charge in [-0.1, -0.05) is 29.8 Å². The molecule has 0 aliphatic rings. The highest BCUT2D eigenvalue weighted by molar-refractivity contribution is 6.31. The fourth-order valence-corrected chi connectivity index (χ4v) is 1.46. The normalized spacial score (nSPS) is 14.4. The van der Waals surface area contributed by atoms with Gasteiger partial charge in [0.25, 0.3) is 0 Å². The summed E-state index contributed by atoms with van der Waals surface area (Å²) in [5, 5.41) is 20.9. The number of ether oxygens (including phenoxy) is 1. The molecule has 0 saturated heterocycles. The van der Waals surface area contributed by atoms with Crippen molar-refractivity contribution in [1.82, 2.24) is 5.32 Å². The lowest BCUT2D eigenvalue weighted by Gasteiger charge is -2.19. The number of halogens is 1. The smallest absolute Gasteiger partial charge is 0.325 e. The maximum Gasteiger partial charge on any atom is 0.325 e. The van der Waals surface area contributed by atoms with E-state index in [2.05, 4.69) is 10.1 Å². The number of carbonyl (C=O) groups is 1. The molecule has 88 valence electrons. The second-order valence-electron chi connectivity index (χ2n) is 3.05. The Morgan fingerprint density at radius 3 is 2.62 bits per heavy atom. The molecule has 0 aromatic heterocycles. The molecule has 6 heteroatoms. The number of aliphatic hydroxyl groups excluding tert-OH is 1. The molecule has 1 rings (SSSR count). The molecule has 5 nitrogen and oxygen atoms in total. The number of hydrogen-bond acceptors (Lipinski definition) is 4. The second-order valence-corrected chi connectivity index (χ2v) is 3.45. The monoisotopic (exact) mass is 245 g/mol. The van der Waals surface area contributed by atoms with Gasteiger partial charge in [-0.3, -0.25) is 10.1 Å². The molecule has 0 saturated carbocycles. The summed E-state index contributed by atoms with van der Waals surface area (Å²) in [5.74, 6) is -1.15. The van der Waals surface area contributed by atoms with Gasteiger partial charge in [0.2, 0.25) is 6.41 Å². The SMILES string of the molecule is COC(O)NC(C(=O)O)c1ccccc1Cl. The van der Waals surface area contributed by atoms with E-state index in [4.69, 9.17) is 16.7 Å². The van der Waals surface area contributed by atoms with Crippen molar-refractivity contribution in [2.45, 2.75) is 12.5 Å². The number of methoxy groups -OCH3 is 1. The van der Waals surface area contributed by atoms with Crippen LogP contribution in [0.3, 0.4) is 0 Å². The number of carboxylic acids is 1. The zero-order valence-corrected chi connectivity index (χ0v) is 9.31. The Labute approximate surface area is 97.6 Å². The van der Waals surface area contributed by atoms with Crippen molar-refractivity contribution in [3.05, 3.63) is 34.9 Å². The number of rotatable bonds is 5. The van der Waals surface area contributed by atoms with Crippen LogP contribution in [0.25, 0.3) is 0 Å². The van der Waals surface area contributed by atoms with Crippen LogP contribution in [0.5, 0.6) is 0 Å². The van der Waals surface area contributed by atoms with Crippen LogP contribution in [0.1, 0.15) is 11.6 Å². The van der Waals surface area contributed by atoms with Crippen LogP contribution < -0.4 is 5.32 Å². The standard InChI is InChI=1S/C10H12ClNO4/c1-16-10(15)12-8(9(13)14)6-4-2-3-5-7(6)11/h2-5,8,10,12,15H,1H3,(H,13,14). The van der Waals surface area contributed by atoms with Gasteiger partial charge in [0.1, 0.15) is 6.04 Å². The van der Waals surface area contributed by atoms with E-state index in [-0.39, 0.29) is 0 Å². The number of aliphatic carboxylic acids is 1. The second kappa shape index (κ2) is 5.81. The van der Waals surface area contributed by atoms with Gasteiger partial charge in [0.05, 0.1) is 0 Å². The zero-order valence-electron chi connectivity index (χ0n) is 8.55. The molecule has 2 atom stereocenters. The first-order valence-electron chi connectivity index (χ1n) is 4.50. The van der Waals surface area contributed by atoms with Crippen LogP contribution in [-0.2, 0) is 9.53 Å². The van der Waals surface area contributed by atoms with E-state index >= 15 is 0 Å². The van der Waals surface area contributed by atoms with Crippen molar-refractivity contribution in [2.75, 3.05) is 7.11 Å². The Morgan fingerprint density at radius 2 is 2.12 bits per heavy atom. The Kier molecular flexibility index (Phi) is 4.70. The minimum atomic E-state index is -1.36. The number of aliphatic hydroxyl groups is 1. The van der Waals surface area contributed by atoms with E-state index < -0.39 is 18.4 Å². The largest absolute Gasteiger partial charge is 0.480 e. The first-order chi connectivity index (χ1) is 7.56. The molecule has 2 unspecified atom stereocenters. The molecule has 0 fully saturated rings. The van der Waals surface area contributed by atoms with E-state index in [0.717, 1.165) is 0 Å². The Bertz CT molecular complexity index is 372. The number of nitrogens with one attached hydrogen (secondary N) is 1. The average molecular weight is 246 g/mol. The van der Waals surface area contributed by atoms with Gasteiger partial charge < -0.3 is 14.9 Å². The summed E-state index contributed by atoms with van der Waals surface area (Å²) in [7, 11) is 1.25. The van der Waals surface area contributed by atoms with Crippen LogP contribution in [0.4, 0.5) is 0 Å². The molecule has 0 heterocycles. The highest BCUT2D eigenvalue weighted by Crippen LogP contribution is 2.23. The topological polar surface area (TPSA) is 78.8 Å². The molecule has 1 aromatic carbocycles. The van der Waals surface area contributed by atoms with Crippen molar-refractivity contribution in [3.63, 3.8) is 0 Å². The highest BCUT2D eigenvalue weighted by atomic mass is 35.5. The third-order valence-electron chi connectivity index (χ3n) is 2.00. The van der Waals surface area contributed by atoms with E-state index in [1.54, 1.807) is 24.3 Å². The Balaban J connectivity index is 2.94. The van der Waals surface area contributed by atoms with Crippen molar-refractivity contribution in [3.8, 4) is 0 Å². The van der Waals surface area contributed by atoms with Crippen molar-refractivity contribution in [1.29, 1.82) is 0 Å². The molecule has 0 bridgehead atoms. The van der Waals surface area contributed by atoms with E-state index in [9.17, 15) is 9.90 Å². The van der Waals surface area contributed by atoms with Crippen LogP contribution in [0, 0.1) is 0 Å². The van der Waals surface area contributed by atoms with Crippen LogP contribution in [-0.4, -0.2) is 29.7 Å². The quantitative estimate of drug-likeness (QED) is 0.674. The van der Waals surface area contributed by atoms with E-state index in [0.29, 0.717) is 10.6 Å². The Morgan fingerprint density at radius 1 is 1.50 bits per heavy atom. The van der Waals surface area contributed by atoms with Crippen LogP contribution >= 0.6 is 11.6 Å². The lowest BCUT2D eigenvalue weighted by molar-refractivity contribution is -0.147. The summed E-state index contributed by atoms with van der Waals surface area (Å²) in [6.45, 7) is 0. The van der Waals surface area contributed by atoms with Gasteiger partial charge in [-0.05, 0) is 11.6 Å². The molecule has 0 radical (unpaired) electrons. The first-order valence-corrected chi connectivity index (χ1v) is 4.88. The first kappa shape index (κ1) is 12.9. The molecule has 0 amide bonds. The summed E-state index contributed by atoms with van der Waals surface area (Å²) in [6, 6.07) is 5.38. The molecule has 0 spiro atoms. The maximum atomic E-state index is 11.0. The minimum Gasteiger partial charge on any atom is -0.480 e. The lowest BCUT2D eigenvalue weighted by atomic mass is 10.1. The summed E-state index contributed by atoms with van der Waals surface area (Å²) in [5.41, 5.74) is 0.368. The van der Waals surface area contributed by atoms with Gasteiger partial charge in [-0.25, -0.2) is 0 Å². The lowest BCUT2D eigenvalue weighted by Crippen LogP contribution is -2.38. The van der Waals surface area contributed by atoms with Gasteiger partial charge in [-0.15, -0.1) is 0 Å². The van der Waals surface area contributed by atoms with Gasteiger partial charge in [0, 0.05) is 12.1 Å². The third kappa shape index (κ3) is 3.18. The maximum absolute atomic E-state index is 11.0. The number of carboxylic acid groups (broad SMARTS) is 1. The predicted molar refractivity (Wildman–Crippen MR) is 58.0 cm³/mol. The van der Waals surface area contributed by atoms with Crippen LogP contribution in [0.2, 0.25) is 5.02 Å². The summed E-state index contributed by atoms with van der Waals surface area (Å²) in [4.78, 5) is 11.0. The highest BCUT2D eigenvalue weighted by Gasteiger charge is 2.24. The minimum absolute atomic E-state index is 0.311. The van der Waals surface area contributed by atoms with E-state index in [1.807, 2.05) is 0 Å². The van der Waals surface area contributed by atoms with Gasteiger partial charge in [0.15, 0.2) is 0 Å². The Hall–Kier alpha value is -1.14. The molecular formula is C10H12ClNO4. The van der Waals surface area contributed by atoms with Gasteiger partial charge >= 0.3 is 5.97 Å². The summed E-state index contributed by atoms with van der Waals surface area (Å²) >= 11 is 5.86. The van der Waals surface area contributed by atoms with Crippen molar-refractivity contribution < 1.29 is 19.7 Å². The molecule has 16 heavy (non-hydrogen) atoms. The summed E-state index contributed by atoms with van der Waals surface area (Å²) in [6.07, 6.45) is -1.36. The summed E-state index contributed by atoms with van der Waals surface area (Å²) < 4.78 is 4.53. The van der Waals surface area contributed by atoms with Crippen molar-refractivity contribution in [2.24, 2.45) is 0 Å². The van der Waals surface area contributed by atoms with Gasteiger partial charge in [-0.2, -0.15) is 0 Å². The fourth-order valence-electron chi connectivity index (χ4n) is 1.21. The number of hydrogen-bond donors (Lipinski definition) is 3.